The Labute approximate surface area is 108 Å². The monoisotopic (exact) mass is 256 g/mol. The Balaban J connectivity index is 2.30. The molecule has 0 radical (unpaired) electrons. The number of rotatable bonds is 3. The van der Waals surface area contributed by atoms with Crippen molar-refractivity contribution in [2.75, 3.05) is 0 Å². The van der Waals surface area contributed by atoms with Crippen molar-refractivity contribution in [3.8, 4) is 11.5 Å². The lowest BCUT2D eigenvalue weighted by Crippen LogP contribution is -2.04. The summed E-state index contributed by atoms with van der Waals surface area (Å²) in [6, 6.07) is 7.70. The normalized spacial score (nSPS) is 11.0. The molecule has 96 valence electrons. The van der Waals surface area contributed by atoms with E-state index in [1.807, 2.05) is 35.8 Å². The van der Waals surface area contributed by atoms with Crippen molar-refractivity contribution < 1.29 is 9.90 Å². The number of nitrogens with zero attached hydrogens (tertiary/aromatic N) is 3. The molecule has 0 saturated heterocycles. The van der Waals surface area contributed by atoms with Gasteiger partial charge in [-0.3, -0.25) is 0 Å². The number of carboxylic acids is 1. The van der Waals surface area contributed by atoms with Gasteiger partial charge in [0.05, 0.1) is 17.4 Å². The number of imidazole rings is 2. The third kappa shape index (κ3) is 1.69. The molecule has 0 saturated carbocycles. The van der Waals surface area contributed by atoms with Crippen molar-refractivity contribution in [3.05, 3.63) is 36.3 Å². The molecule has 0 bridgehead atoms. The number of hydrogen-bond donors (Lipinski definition) is 2. The second-order valence-corrected chi connectivity index (χ2v) is 4.10. The number of nitrogens with one attached hydrogen (secondary N) is 1. The van der Waals surface area contributed by atoms with Crippen LogP contribution >= 0.6 is 0 Å². The Morgan fingerprint density at radius 3 is 2.95 bits per heavy atom. The number of H-pyrrole nitrogens is 1. The number of aromatic nitrogens is 4. The Morgan fingerprint density at radius 1 is 1.42 bits per heavy atom. The van der Waals surface area contributed by atoms with Crippen molar-refractivity contribution in [2.45, 2.75) is 13.5 Å². The van der Waals surface area contributed by atoms with Gasteiger partial charge in [-0.05, 0) is 19.1 Å². The molecular weight excluding hydrogens is 244 g/mol. The minimum Gasteiger partial charge on any atom is -0.477 e. The van der Waals surface area contributed by atoms with E-state index in [4.69, 9.17) is 5.11 Å². The molecule has 6 heteroatoms. The van der Waals surface area contributed by atoms with Crippen LogP contribution in [0.4, 0.5) is 0 Å². The summed E-state index contributed by atoms with van der Waals surface area (Å²) in [7, 11) is 0. The average Bonchev–Trinajstić information content (AvgIpc) is 3.02. The predicted molar refractivity (Wildman–Crippen MR) is 69.9 cm³/mol. The second kappa shape index (κ2) is 4.24. The fourth-order valence-corrected chi connectivity index (χ4v) is 2.20. The first-order valence-corrected chi connectivity index (χ1v) is 5.94. The Hall–Kier alpha value is -2.63. The molecule has 6 nitrogen and oxygen atoms in total. The lowest BCUT2D eigenvalue weighted by atomic mass is 10.3. The van der Waals surface area contributed by atoms with Gasteiger partial charge in [0.15, 0.2) is 11.5 Å². The largest absolute Gasteiger partial charge is 0.477 e. The number of carbonyl (C=O) groups is 1. The molecule has 3 aromatic rings. The minimum absolute atomic E-state index is 0.0602. The molecule has 0 unspecified atom stereocenters. The fraction of sp³-hybridized carbons (Fsp3) is 0.154. The minimum atomic E-state index is -1.04. The van der Waals surface area contributed by atoms with Gasteiger partial charge in [0.1, 0.15) is 5.69 Å². The zero-order valence-electron chi connectivity index (χ0n) is 10.3. The zero-order chi connectivity index (χ0) is 13.4. The molecule has 2 heterocycles. The number of aromatic carboxylic acids is 1. The highest BCUT2D eigenvalue weighted by Gasteiger charge is 2.20. The van der Waals surface area contributed by atoms with E-state index in [1.54, 1.807) is 0 Å². The summed E-state index contributed by atoms with van der Waals surface area (Å²) in [5.74, 6) is -0.468. The van der Waals surface area contributed by atoms with Gasteiger partial charge < -0.3 is 14.7 Å². The molecule has 3 rings (SSSR count). The number of aryl methyl sites for hydroxylation is 1. The highest BCUT2D eigenvalue weighted by atomic mass is 16.4. The molecule has 1 aromatic carbocycles. The molecular formula is C13H12N4O2. The van der Waals surface area contributed by atoms with Crippen molar-refractivity contribution >= 4 is 17.0 Å². The summed E-state index contributed by atoms with van der Waals surface area (Å²) >= 11 is 0. The molecule has 2 N–H and O–H groups in total. The van der Waals surface area contributed by atoms with Gasteiger partial charge in [-0.25, -0.2) is 14.8 Å². The summed E-state index contributed by atoms with van der Waals surface area (Å²) in [5.41, 5.74) is 2.23. The quantitative estimate of drug-likeness (QED) is 0.752. The summed E-state index contributed by atoms with van der Waals surface area (Å²) < 4.78 is 1.96. The molecule has 19 heavy (non-hydrogen) atoms. The van der Waals surface area contributed by atoms with E-state index >= 15 is 0 Å². The van der Waals surface area contributed by atoms with Crippen LogP contribution in [0.15, 0.2) is 30.6 Å². The van der Waals surface area contributed by atoms with E-state index in [1.165, 1.54) is 6.33 Å². The van der Waals surface area contributed by atoms with Crippen LogP contribution in [0, 0.1) is 0 Å². The van der Waals surface area contributed by atoms with Crippen molar-refractivity contribution in [1.29, 1.82) is 0 Å². The van der Waals surface area contributed by atoms with Crippen LogP contribution in [0.3, 0.4) is 0 Å². The summed E-state index contributed by atoms with van der Waals surface area (Å²) in [6.07, 6.45) is 1.37. The fourth-order valence-electron chi connectivity index (χ4n) is 2.20. The second-order valence-electron chi connectivity index (χ2n) is 4.10. The van der Waals surface area contributed by atoms with Gasteiger partial charge in [0.25, 0.3) is 0 Å². The van der Waals surface area contributed by atoms with Gasteiger partial charge in [-0.1, -0.05) is 12.1 Å². The highest BCUT2D eigenvalue weighted by Crippen LogP contribution is 2.25. The Kier molecular flexibility index (Phi) is 2.56. The topological polar surface area (TPSA) is 83.8 Å². The predicted octanol–water partition coefficient (Wildman–Crippen LogP) is 2.14. The molecule has 0 amide bonds. The molecule has 2 aromatic heterocycles. The first kappa shape index (κ1) is 11.5. The molecule has 0 aliphatic heterocycles. The van der Waals surface area contributed by atoms with Gasteiger partial charge >= 0.3 is 5.97 Å². The smallest absolute Gasteiger partial charge is 0.354 e. The maximum Gasteiger partial charge on any atom is 0.354 e. The summed E-state index contributed by atoms with van der Waals surface area (Å²) in [6.45, 7) is 2.69. The number of carboxylic acid groups (broad SMARTS) is 1. The number of hydrogen-bond acceptors (Lipinski definition) is 3. The van der Waals surface area contributed by atoms with Crippen LogP contribution in [0.1, 0.15) is 17.4 Å². The zero-order valence-corrected chi connectivity index (χ0v) is 10.3. The van der Waals surface area contributed by atoms with Gasteiger partial charge in [0, 0.05) is 6.54 Å². The lowest BCUT2D eigenvalue weighted by Gasteiger charge is -2.04. The van der Waals surface area contributed by atoms with Crippen LogP contribution in [0.2, 0.25) is 0 Å². The third-order valence-electron chi connectivity index (χ3n) is 3.04. The van der Waals surface area contributed by atoms with E-state index in [2.05, 4.69) is 15.0 Å². The van der Waals surface area contributed by atoms with Crippen LogP contribution in [0.25, 0.3) is 22.6 Å². The van der Waals surface area contributed by atoms with E-state index < -0.39 is 5.97 Å². The van der Waals surface area contributed by atoms with Gasteiger partial charge in [-0.15, -0.1) is 0 Å². The number of benzene rings is 1. The third-order valence-corrected chi connectivity index (χ3v) is 3.04. The van der Waals surface area contributed by atoms with E-state index in [9.17, 15) is 4.79 Å². The number of aromatic amines is 1. The lowest BCUT2D eigenvalue weighted by molar-refractivity contribution is 0.0692. The van der Waals surface area contributed by atoms with Crippen molar-refractivity contribution in [3.63, 3.8) is 0 Å². The number of fused-ring (bicyclic) bond motifs is 1. The maximum atomic E-state index is 11.2. The average molecular weight is 256 g/mol. The van der Waals surface area contributed by atoms with Crippen LogP contribution in [-0.4, -0.2) is 30.6 Å². The molecule has 0 spiro atoms. The number of para-hydroxylation sites is 2. The first-order valence-electron chi connectivity index (χ1n) is 5.94. The molecule has 0 aliphatic carbocycles. The van der Waals surface area contributed by atoms with Gasteiger partial charge in [0.2, 0.25) is 0 Å². The summed E-state index contributed by atoms with van der Waals surface area (Å²) in [4.78, 5) is 22.4. The van der Waals surface area contributed by atoms with Crippen molar-refractivity contribution in [1.82, 2.24) is 19.5 Å². The standard InChI is InChI=1S/C13H12N4O2/c1-2-17-9-6-4-3-5-8(9)16-12(17)10-11(13(18)19)15-7-14-10/h3-7H,2H2,1H3,(H,14,15)(H,18,19). The van der Waals surface area contributed by atoms with Crippen LogP contribution in [-0.2, 0) is 6.54 Å². The van der Waals surface area contributed by atoms with E-state index in [0.29, 0.717) is 18.1 Å². The maximum absolute atomic E-state index is 11.2. The Bertz CT molecular complexity index is 757. The molecule has 0 atom stereocenters. The molecule has 0 fully saturated rings. The van der Waals surface area contributed by atoms with Crippen LogP contribution in [0.5, 0.6) is 0 Å². The van der Waals surface area contributed by atoms with Gasteiger partial charge in [-0.2, -0.15) is 0 Å². The first-order chi connectivity index (χ1) is 9.22. The van der Waals surface area contributed by atoms with Crippen LogP contribution < -0.4 is 0 Å². The van der Waals surface area contributed by atoms with Crippen molar-refractivity contribution in [2.24, 2.45) is 0 Å². The van der Waals surface area contributed by atoms with E-state index in [-0.39, 0.29) is 5.69 Å². The Morgan fingerprint density at radius 2 is 2.21 bits per heavy atom. The van der Waals surface area contributed by atoms with E-state index in [0.717, 1.165) is 11.0 Å². The highest BCUT2D eigenvalue weighted by molar-refractivity contribution is 5.93. The molecule has 0 aliphatic rings. The summed E-state index contributed by atoms with van der Waals surface area (Å²) in [5, 5.41) is 9.15. The SMILES string of the molecule is CCn1c(-c2nc[nH]c2C(=O)O)nc2ccccc21.